The van der Waals surface area contributed by atoms with Crippen molar-refractivity contribution < 1.29 is 14.3 Å². The van der Waals surface area contributed by atoms with Crippen LogP contribution in [-0.4, -0.2) is 30.2 Å². The van der Waals surface area contributed by atoms with E-state index in [9.17, 15) is 9.59 Å². The molecule has 1 aromatic rings. The fourth-order valence-corrected chi connectivity index (χ4v) is 2.33. The van der Waals surface area contributed by atoms with Crippen LogP contribution in [0.4, 0.5) is 5.69 Å². The van der Waals surface area contributed by atoms with Gasteiger partial charge >= 0.3 is 0 Å². The first kappa shape index (κ1) is 15.9. The van der Waals surface area contributed by atoms with Crippen LogP contribution in [0, 0.1) is 0 Å². The van der Waals surface area contributed by atoms with Crippen LogP contribution in [0.2, 0.25) is 0 Å². The molecule has 0 aliphatic heterocycles. The van der Waals surface area contributed by atoms with Crippen LogP contribution in [0.5, 0.6) is 0 Å². The normalized spacial score (nSPS) is 11.9. The molecule has 0 aliphatic carbocycles. The fourth-order valence-electron chi connectivity index (χ4n) is 1.61. The Morgan fingerprint density at radius 2 is 1.95 bits per heavy atom. The zero-order valence-electron chi connectivity index (χ0n) is 11.1. The molecule has 0 saturated carbocycles. The lowest BCUT2D eigenvalue weighted by molar-refractivity contribution is -0.119. The highest BCUT2D eigenvalue weighted by Gasteiger charge is 2.15. The average Bonchev–Trinajstić information content (AvgIpc) is 2.39. The van der Waals surface area contributed by atoms with Crippen molar-refractivity contribution in [3.05, 3.63) is 29.8 Å². The summed E-state index contributed by atoms with van der Waals surface area (Å²) in [5, 5.41) is 2.68. The Balaban J connectivity index is 2.65. The Bertz CT molecular complexity index is 431. The summed E-state index contributed by atoms with van der Waals surface area (Å²) < 4.78 is 4.72. The van der Waals surface area contributed by atoms with E-state index in [-0.39, 0.29) is 23.1 Å². The molecular formula is C14H18BrNO3. The number of ether oxygens (including phenoxy) is 1. The molecule has 0 bridgehead atoms. The highest BCUT2D eigenvalue weighted by atomic mass is 79.9. The molecule has 1 N–H and O–H groups in total. The van der Waals surface area contributed by atoms with Crippen LogP contribution < -0.4 is 5.32 Å². The molecule has 19 heavy (non-hydrogen) atoms. The summed E-state index contributed by atoms with van der Waals surface area (Å²) in [6.07, 6.45) is 1.76. The van der Waals surface area contributed by atoms with Gasteiger partial charge in [-0.3, -0.25) is 9.59 Å². The topological polar surface area (TPSA) is 55.4 Å². The SMILES string of the molecule is CCCC(Br)C(=O)c1ccc(NC(=O)COC)cc1. The number of Topliss-reactive ketones (excluding diaryl/α,β-unsaturated/α-hetero) is 1. The fraction of sp³-hybridized carbons (Fsp3) is 0.429. The number of rotatable bonds is 7. The average molecular weight is 328 g/mol. The van der Waals surface area contributed by atoms with Crippen LogP contribution in [0.25, 0.3) is 0 Å². The predicted molar refractivity (Wildman–Crippen MR) is 78.9 cm³/mol. The third-order valence-electron chi connectivity index (χ3n) is 2.56. The van der Waals surface area contributed by atoms with Gasteiger partial charge in [-0.2, -0.15) is 0 Å². The van der Waals surface area contributed by atoms with Crippen molar-refractivity contribution in [1.29, 1.82) is 0 Å². The van der Waals surface area contributed by atoms with Crippen LogP contribution in [-0.2, 0) is 9.53 Å². The summed E-state index contributed by atoms with van der Waals surface area (Å²) in [6, 6.07) is 6.86. The van der Waals surface area contributed by atoms with Crippen molar-refractivity contribution in [2.24, 2.45) is 0 Å². The lowest BCUT2D eigenvalue weighted by Crippen LogP contribution is -2.17. The standard InChI is InChI=1S/C14H18BrNO3/c1-3-4-12(15)14(18)10-5-7-11(8-6-10)16-13(17)9-19-2/h5-8,12H,3-4,9H2,1-2H3,(H,16,17). The lowest BCUT2D eigenvalue weighted by atomic mass is 10.1. The summed E-state index contributed by atoms with van der Waals surface area (Å²) >= 11 is 3.38. The van der Waals surface area contributed by atoms with Crippen molar-refractivity contribution in [1.82, 2.24) is 0 Å². The van der Waals surface area contributed by atoms with Gasteiger partial charge in [-0.15, -0.1) is 0 Å². The first-order valence-corrected chi connectivity index (χ1v) is 7.07. The molecule has 1 aromatic carbocycles. The van der Waals surface area contributed by atoms with E-state index in [1.54, 1.807) is 24.3 Å². The van der Waals surface area contributed by atoms with Gasteiger partial charge in [0, 0.05) is 18.4 Å². The summed E-state index contributed by atoms with van der Waals surface area (Å²) in [5.41, 5.74) is 1.29. The monoisotopic (exact) mass is 327 g/mol. The number of amides is 1. The molecule has 104 valence electrons. The van der Waals surface area contributed by atoms with Crippen molar-refractivity contribution in [2.45, 2.75) is 24.6 Å². The minimum absolute atomic E-state index is 0.0145. The van der Waals surface area contributed by atoms with Crippen LogP contribution in [0.1, 0.15) is 30.1 Å². The van der Waals surface area contributed by atoms with E-state index in [0.29, 0.717) is 11.3 Å². The first-order chi connectivity index (χ1) is 9.08. The van der Waals surface area contributed by atoms with Crippen LogP contribution in [0.15, 0.2) is 24.3 Å². The number of anilines is 1. The number of carbonyl (C=O) groups is 2. The van der Waals surface area contributed by atoms with E-state index in [4.69, 9.17) is 4.74 Å². The number of nitrogens with one attached hydrogen (secondary N) is 1. The first-order valence-electron chi connectivity index (χ1n) is 6.15. The number of hydrogen-bond acceptors (Lipinski definition) is 3. The lowest BCUT2D eigenvalue weighted by Gasteiger charge is -2.09. The second kappa shape index (κ2) is 8.07. The number of halogens is 1. The zero-order valence-corrected chi connectivity index (χ0v) is 12.7. The maximum Gasteiger partial charge on any atom is 0.250 e. The van der Waals surface area contributed by atoms with Crippen LogP contribution >= 0.6 is 15.9 Å². The van der Waals surface area contributed by atoms with Gasteiger partial charge < -0.3 is 10.1 Å². The van der Waals surface area contributed by atoms with Crippen molar-refractivity contribution in [3.8, 4) is 0 Å². The van der Waals surface area contributed by atoms with Crippen molar-refractivity contribution in [3.63, 3.8) is 0 Å². The number of carbonyl (C=O) groups excluding carboxylic acids is 2. The van der Waals surface area contributed by atoms with E-state index in [0.717, 1.165) is 12.8 Å². The molecule has 0 heterocycles. The minimum Gasteiger partial charge on any atom is -0.375 e. The van der Waals surface area contributed by atoms with Gasteiger partial charge in [0.2, 0.25) is 5.91 Å². The van der Waals surface area contributed by atoms with Crippen molar-refractivity contribution in [2.75, 3.05) is 19.0 Å². The van der Waals surface area contributed by atoms with E-state index < -0.39 is 0 Å². The molecular weight excluding hydrogens is 310 g/mol. The predicted octanol–water partition coefficient (Wildman–Crippen LogP) is 3.02. The van der Waals surface area contributed by atoms with Gasteiger partial charge in [0.25, 0.3) is 0 Å². The number of hydrogen-bond donors (Lipinski definition) is 1. The second-order valence-electron chi connectivity index (χ2n) is 4.18. The smallest absolute Gasteiger partial charge is 0.250 e. The molecule has 0 radical (unpaired) electrons. The molecule has 0 saturated heterocycles. The van der Waals surface area contributed by atoms with Crippen molar-refractivity contribution >= 4 is 33.3 Å². The summed E-state index contributed by atoms with van der Waals surface area (Å²) in [6.45, 7) is 2.05. The molecule has 0 aromatic heterocycles. The minimum atomic E-state index is -0.217. The molecule has 0 aliphatic rings. The summed E-state index contributed by atoms with van der Waals surface area (Å²) in [7, 11) is 1.46. The Kier molecular flexibility index (Phi) is 6.73. The molecule has 0 spiro atoms. The molecule has 1 atom stereocenters. The highest BCUT2D eigenvalue weighted by Crippen LogP contribution is 2.17. The maximum atomic E-state index is 12.0. The number of methoxy groups -OCH3 is 1. The number of alkyl halides is 1. The van der Waals surface area contributed by atoms with Gasteiger partial charge in [0.15, 0.2) is 5.78 Å². The Hall–Kier alpha value is -1.20. The quantitative estimate of drug-likeness (QED) is 0.618. The van der Waals surface area contributed by atoms with E-state index in [2.05, 4.69) is 21.2 Å². The Morgan fingerprint density at radius 1 is 1.32 bits per heavy atom. The molecule has 5 heteroatoms. The molecule has 4 nitrogen and oxygen atoms in total. The number of ketones is 1. The summed E-state index contributed by atoms with van der Waals surface area (Å²) in [5.74, 6) is -0.150. The third-order valence-corrected chi connectivity index (χ3v) is 3.43. The van der Waals surface area contributed by atoms with E-state index in [1.165, 1.54) is 7.11 Å². The van der Waals surface area contributed by atoms with Gasteiger partial charge in [-0.1, -0.05) is 29.3 Å². The number of benzene rings is 1. The molecule has 1 rings (SSSR count). The zero-order chi connectivity index (χ0) is 14.3. The third kappa shape index (κ3) is 5.12. The summed E-state index contributed by atoms with van der Waals surface area (Å²) in [4.78, 5) is 23.2. The Labute approximate surface area is 121 Å². The van der Waals surface area contributed by atoms with Gasteiger partial charge in [0.05, 0.1) is 4.83 Å². The van der Waals surface area contributed by atoms with E-state index in [1.807, 2.05) is 6.92 Å². The second-order valence-corrected chi connectivity index (χ2v) is 5.28. The van der Waals surface area contributed by atoms with Crippen LogP contribution in [0.3, 0.4) is 0 Å². The Morgan fingerprint density at radius 3 is 2.47 bits per heavy atom. The maximum absolute atomic E-state index is 12.0. The van der Waals surface area contributed by atoms with Gasteiger partial charge in [-0.05, 0) is 30.7 Å². The van der Waals surface area contributed by atoms with Gasteiger partial charge in [0.1, 0.15) is 6.61 Å². The molecule has 1 unspecified atom stereocenters. The largest absolute Gasteiger partial charge is 0.375 e. The highest BCUT2D eigenvalue weighted by molar-refractivity contribution is 9.10. The van der Waals surface area contributed by atoms with Gasteiger partial charge in [-0.25, -0.2) is 0 Å². The molecule has 0 fully saturated rings. The van der Waals surface area contributed by atoms with E-state index >= 15 is 0 Å². The molecule has 1 amide bonds.